The molecule has 0 aliphatic heterocycles. The Hall–Kier alpha value is 0.210. The smallest absolute Gasteiger partial charge is 0.271 e. The van der Waals surface area contributed by atoms with Crippen molar-refractivity contribution in [2.75, 3.05) is 4.43 Å². The molecule has 0 N–H and O–H groups in total. The van der Waals surface area contributed by atoms with Gasteiger partial charge in [0.25, 0.3) is 0 Å². The maximum atomic E-state index is 12.4. The molecule has 1 heterocycles. The number of aryl methyl sites for hydroxylation is 1. The average Bonchev–Trinajstić information content (AvgIpc) is 2.54. The number of nitrogens with zero attached hydrogens (tertiary/aromatic N) is 2. The topological polar surface area (TPSA) is 17.8 Å². The Morgan fingerprint density at radius 3 is 2.50 bits per heavy atom. The number of alkyl halides is 4. The predicted molar refractivity (Wildman–Crippen MR) is 67.7 cm³/mol. The summed E-state index contributed by atoms with van der Waals surface area (Å²) in [6.45, 7) is 0.533. The molecule has 7 heteroatoms. The number of halogens is 5. The second-order valence-electron chi connectivity index (χ2n) is 3.34. The Morgan fingerprint density at radius 1 is 1.31 bits per heavy atom. The van der Waals surface area contributed by atoms with Gasteiger partial charge >= 0.3 is 6.18 Å². The maximum Gasteiger partial charge on any atom is 0.436 e. The van der Waals surface area contributed by atoms with Crippen LogP contribution in [0.4, 0.5) is 13.2 Å². The summed E-state index contributed by atoms with van der Waals surface area (Å²) in [5, 5.41) is 3.52. The molecule has 0 spiro atoms. The fourth-order valence-corrected chi connectivity index (χ4v) is 2.33. The minimum atomic E-state index is -4.38. The first kappa shape index (κ1) is 14.3. The third-order valence-electron chi connectivity index (χ3n) is 2.01. The molecule has 92 valence electrons. The van der Waals surface area contributed by atoms with Gasteiger partial charge in [-0.25, -0.2) is 0 Å². The van der Waals surface area contributed by atoms with Gasteiger partial charge in [-0.05, 0) is 33.2 Å². The number of aromatic nitrogens is 2. The van der Waals surface area contributed by atoms with E-state index in [1.54, 1.807) is 0 Å². The van der Waals surface area contributed by atoms with E-state index in [0.717, 1.165) is 23.7 Å². The van der Waals surface area contributed by atoms with E-state index >= 15 is 0 Å². The number of rotatable bonds is 5. The Kier molecular flexibility index (Phi) is 5.55. The van der Waals surface area contributed by atoms with Gasteiger partial charge in [-0.3, -0.25) is 4.68 Å². The molecule has 0 unspecified atom stereocenters. The molecule has 0 fully saturated rings. The van der Waals surface area contributed by atoms with Gasteiger partial charge in [0.2, 0.25) is 0 Å². The van der Waals surface area contributed by atoms with Crippen LogP contribution in [0.1, 0.15) is 25.0 Å². The summed E-state index contributed by atoms with van der Waals surface area (Å²) in [7, 11) is 0. The van der Waals surface area contributed by atoms with Crippen molar-refractivity contribution < 1.29 is 13.2 Å². The van der Waals surface area contributed by atoms with E-state index in [-0.39, 0.29) is 4.47 Å². The largest absolute Gasteiger partial charge is 0.436 e. The first-order chi connectivity index (χ1) is 7.45. The predicted octanol–water partition coefficient (Wildman–Crippen LogP) is 4.27. The van der Waals surface area contributed by atoms with Crippen molar-refractivity contribution in [3.8, 4) is 0 Å². The first-order valence-electron chi connectivity index (χ1n) is 4.81. The molecule has 0 radical (unpaired) electrons. The third-order valence-corrected chi connectivity index (χ3v) is 3.35. The van der Waals surface area contributed by atoms with E-state index in [0.29, 0.717) is 6.54 Å². The lowest BCUT2D eigenvalue weighted by atomic mass is 10.2. The highest BCUT2D eigenvalue weighted by molar-refractivity contribution is 14.1. The molecule has 0 aliphatic carbocycles. The number of hydrogen-bond acceptors (Lipinski definition) is 1. The van der Waals surface area contributed by atoms with Crippen molar-refractivity contribution in [2.24, 2.45) is 0 Å². The van der Waals surface area contributed by atoms with E-state index < -0.39 is 11.9 Å². The normalized spacial score (nSPS) is 12.1. The van der Waals surface area contributed by atoms with Crippen molar-refractivity contribution in [3.63, 3.8) is 0 Å². The standard InChI is InChI=1S/C9H11BrF3IN2/c10-7-6-16(5-3-1-2-4-14)15-8(7)9(11,12)13/h6H,1-5H2. The van der Waals surface area contributed by atoms with E-state index in [2.05, 4.69) is 43.6 Å². The van der Waals surface area contributed by atoms with Crippen LogP contribution in [-0.4, -0.2) is 14.2 Å². The van der Waals surface area contributed by atoms with Gasteiger partial charge < -0.3 is 0 Å². The summed E-state index contributed by atoms with van der Waals surface area (Å²) in [6.07, 6.45) is -0.0372. The zero-order chi connectivity index (χ0) is 12.2. The van der Waals surface area contributed by atoms with Gasteiger partial charge in [-0.2, -0.15) is 18.3 Å². The monoisotopic (exact) mass is 410 g/mol. The van der Waals surface area contributed by atoms with Crippen LogP contribution in [0.15, 0.2) is 10.7 Å². The Labute approximate surface area is 114 Å². The Morgan fingerprint density at radius 2 is 2.00 bits per heavy atom. The molecule has 1 aromatic heterocycles. The zero-order valence-electron chi connectivity index (χ0n) is 8.40. The molecular formula is C9H11BrF3IN2. The lowest BCUT2D eigenvalue weighted by molar-refractivity contribution is -0.142. The summed E-state index contributed by atoms with van der Waals surface area (Å²) < 4.78 is 39.6. The van der Waals surface area contributed by atoms with Crippen molar-refractivity contribution in [2.45, 2.75) is 32.0 Å². The van der Waals surface area contributed by atoms with Gasteiger partial charge in [0, 0.05) is 12.7 Å². The van der Waals surface area contributed by atoms with Crippen molar-refractivity contribution in [1.82, 2.24) is 9.78 Å². The molecule has 2 nitrogen and oxygen atoms in total. The van der Waals surface area contributed by atoms with E-state index in [9.17, 15) is 13.2 Å². The summed E-state index contributed by atoms with van der Waals surface area (Å²) in [4.78, 5) is 0. The third kappa shape index (κ3) is 4.23. The SMILES string of the molecule is FC(F)(F)c1nn(CCCCCI)cc1Br. The van der Waals surface area contributed by atoms with E-state index in [4.69, 9.17) is 0 Å². The molecule has 1 rings (SSSR count). The van der Waals surface area contributed by atoms with Gasteiger partial charge in [0.1, 0.15) is 0 Å². The van der Waals surface area contributed by atoms with Crippen molar-refractivity contribution >= 4 is 38.5 Å². The lowest BCUT2D eigenvalue weighted by Crippen LogP contribution is -2.08. The molecule has 0 bridgehead atoms. The Balaban J connectivity index is 2.56. The molecule has 0 saturated heterocycles. The number of hydrogen-bond donors (Lipinski definition) is 0. The highest BCUT2D eigenvalue weighted by Gasteiger charge is 2.36. The molecule has 16 heavy (non-hydrogen) atoms. The number of unbranched alkanes of at least 4 members (excludes halogenated alkanes) is 2. The van der Waals surface area contributed by atoms with E-state index in [1.807, 2.05) is 0 Å². The minimum absolute atomic E-state index is 0.00823. The molecule has 0 amide bonds. The molecule has 0 saturated carbocycles. The average molecular weight is 411 g/mol. The van der Waals surface area contributed by atoms with Crippen LogP contribution in [0, 0.1) is 0 Å². The summed E-state index contributed by atoms with van der Waals surface area (Å²) in [5.74, 6) is 0. The molecule has 0 atom stereocenters. The van der Waals surface area contributed by atoms with Crippen LogP contribution in [0.25, 0.3) is 0 Å². The lowest BCUT2D eigenvalue weighted by Gasteiger charge is -2.02. The van der Waals surface area contributed by atoms with Crippen molar-refractivity contribution in [1.29, 1.82) is 0 Å². The fourth-order valence-electron chi connectivity index (χ4n) is 1.25. The van der Waals surface area contributed by atoms with Crippen LogP contribution >= 0.6 is 38.5 Å². The van der Waals surface area contributed by atoms with Gasteiger partial charge in [-0.15, -0.1) is 0 Å². The maximum absolute atomic E-state index is 12.4. The summed E-state index contributed by atoms with van der Waals surface area (Å²) in [6, 6.07) is 0. The van der Waals surface area contributed by atoms with Crippen LogP contribution < -0.4 is 0 Å². The van der Waals surface area contributed by atoms with Gasteiger partial charge in [0.15, 0.2) is 5.69 Å². The molecule has 1 aromatic rings. The van der Waals surface area contributed by atoms with Crippen LogP contribution in [0.2, 0.25) is 0 Å². The first-order valence-corrected chi connectivity index (χ1v) is 7.13. The second kappa shape index (κ2) is 6.23. The summed E-state index contributed by atoms with van der Waals surface area (Å²) >= 11 is 5.15. The highest BCUT2D eigenvalue weighted by atomic mass is 127. The quantitative estimate of drug-likeness (QED) is 0.402. The highest BCUT2D eigenvalue weighted by Crippen LogP contribution is 2.33. The molecular weight excluding hydrogens is 400 g/mol. The van der Waals surface area contributed by atoms with E-state index in [1.165, 1.54) is 10.9 Å². The summed E-state index contributed by atoms with van der Waals surface area (Å²) in [5.41, 5.74) is -0.846. The second-order valence-corrected chi connectivity index (χ2v) is 5.27. The minimum Gasteiger partial charge on any atom is -0.271 e. The van der Waals surface area contributed by atoms with Gasteiger partial charge in [-0.1, -0.05) is 29.0 Å². The van der Waals surface area contributed by atoms with Crippen molar-refractivity contribution in [3.05, 3.63) is 16.4 Å². The van der Waals surface area contributed by atoms with Crippen LogP contribution in [0.5, 0.6) is 0 Å². The van der Waals surface area contributed by atoms with Crippen LogP contribution in [-0.2, 0) is 12.7 Å². The molecule has 0 aliphatic rings. The fraction of sp³-hybridized carbons (Fsp3) is 0.667. The zero-order valence-corrected chi connectivity index (χ0v) is 12.1. The Bertz CT molecular complexity index is 338. The molecule has 0 aromatic carbocycles. The van der Waals surface area contributed by atoms with Crippen LogP contribution in [0.3, 0.4) is 0 Å². The van der Waals surface area contributed by atoms with Gasteiger partial charge in [0.05, 0.1) is 4.47 Å².